The Hall–Kier alpha value is -2.08. The molecule has 1 rings (SSSR count). The van der Waals surface area contributed by atoms with Crippen LogP contribution in [0, 0.1) is 11.8 Å². The Morgan fingerprint density at radius 1 is 1.35 bits per heavy atom. The van der Waals surface area contributed by atoms with Gasteiger partial charge >= 0.3 is 5.97 Å². The summed E-state index contributed by atoms with van der Waals surface area (Å²) in [6, 6.07) is 6.73. The molecule has 88 valence electrons. The summed E-state index contributed by atoms with van der Waals surface area (Å²) in [4.78, 5) is 21.9. The SMILES string of the molecule is CC(C)(C)OC(=O)C#Cc1cccc(C=O)c1. The molecule has 3 nitrogen and oxygen atoms in total. The van der Waals surface area contributed by atoms with Crippen molar-refractivity contribution in [2.45, 2.75) is 26.4 Å². The van der Waals surface area contributed by atoms with E-state index in [1.54, 1.807) is 45.0 Å². The quantitative estimate of drug-likeness (QED) is 0.422. The first kappa shape index (κ1) is 13.0. The Kier molecular flexibility index (Phi) is 4.06. The van der Waals surface area contributed by atoms with E-state index in [9.17, 15) is 9.59 Å². The van der Waals surface area contributed by atoms with E-state index in [1.807, 2.05) is 0 Å². The van der Waals surface area contributed by atoms with Crippen LogP contribution in [-0.2, 0) is 9.53 Å². The summed E-state index contributed by atoms with van der Waals surface area (Å²) in [6.45, 7) is 5.33. The highest BCUT2D eigenvalue weighted by atomic mass is 16.6. The Morgan fingerprint density at radius 2 is 2.06 bits per heavy atom. The van der Waals surface area contributed by atoms with Crippen molar-refractivity contribution in [2.75, 3.05) is 0 Å². The second kappa shape index (κ2) is 5.31. The summed E-state index contributed by atoms with van der Waals surface area (Å²) >= 11 is 0. The average Bonchev–Trinajstić information content (AvgIpc) is 2.24. The first-order chi connectivity index (χ1) is 7.90. The first-order valence-electron chi connectivity index (χ1n) is 5.21. The van der Waals surface area contributed by atoms with E-state index in [0.717, 1.165) is 6.29 Å². The van der Waals surface area contributed by atoms with Crippen molar-refractivity contribution in [1.29, 1.82) is 0 Å². The lowest BCUT2D eigenvalue weighted by Crippen LogP contribution is -2.22. The van der Waals surface area contributed by atoms with Crippen molar-refractivity contribution < 1.29 is 14.3 Å². The average molecular weight is 230 g/mol. The van der Waals surface area contributed by atoms with E-state index in [-0.39, 0.29) is 0 Å². The minimum absolute atomic E-state index is 0.529. The Bertz CT molecular complexity index is 484. The molecule has 0 aliphatic rings. The maximum Gasteiger partial charge on any atom is 0.385 e. The van der Waals surface area contributed by atoms with Crippen LogP contribution in [0.2, 0.25) is 0 Å². The van der Waals surface area contributed by atoms with Crippen LogP contribution < -0.4 is 0 Å². The standard InChI is InChI=1S/C14H14O3/c1-14(2,3)17-13(16)8-7-11-5-4-6-12(9-11)10-15/h4-6,9-10H,1-3H3. The van der Waals surface area contributed by atoms with E-state index >= 15 is 0 Å². The van der Waals surface area contributed by atoms with Crippen LogP contribution in [0.1, 0.15) is 36.7 Å². The normalized spacial score (nSPS) is 10.1. The number of hydrogen-bond acceptors (Lipinski definition) is 3. The number of carbonyl (C=O) groups is 2. The van der Waals surface area contributed by atoms with Crippen LogP contribution in [0.5, 0.6) is 0 Å². The zero-order valence-electron chi connectivity index (χ0n) is 10.1. The molecule has 0 spiro atoms. The van der Waals surface area contributed by atoms with Gasteiger partial charge in [0.1, 0.15) is 11.9 Å². The molecular weight excluding hydrogens is 216 g/mol. The second-order valence-corrected chi connectivity index (χ2v) is 4.50. The molecule has 0 N–H and O–H groups in total. The molecule has 0 heterocycles. The minimum Gasteiger partial charge on any atom is -0.450 e. The Morgan fingerprint density at radius 3 is 2.65 bits per heavy atom. The molecule has 0 saturated carbocycles. The lowest BCUT2D eigenvalue weighted by atomic mass is 10.1. The fourth-order valence-electron chi connectivity index (χ4n) is 1.12. The molecule has 3 heteroatoms. The van der Waals surface area contributed by atoms with Crippen molar-refractivity contribution in [3.63, 3.8) is 0 Å². The largest absolute Gasteiger partial charge is 0.450 e. The summed E-state index contributed by atoms with van der Waals surface area (Å²) in [6.07, 6.45) is 0.735. The van der Waals surface area contributed by atoms with Crippen LogP contribution >= 0.6 is 0 Å². The van der Waals surface area contributed by atoms with Gasteiger partial charge in [0.2, 0.25) is 0 Å². The van der Waals surface area contributed by atoms with Gasteiger partial charge < -0.3 is 4.74 Å². The molecule has 0 bridgehead atoms. The molecule has 0 atom stereocenters. The fraction of sp³-hybridized carbons (Fsp3) is 0.286. The molecule has 1 aromatic carbocycles. The van der Waals surface area contributed by atoms with Crippen LogP contribution in [0.4, 0.5) is 0 Å². The van der Waals surface area contributed by atoms with Crippen molar-refractivity contribution in [3.8, 4) is 11.8 Å². The number of aldehydes is 1. The van der Waals surface area contributed by atoms with E-state index in [2.05, 4.69) is 11.8 Å². The highest BCUT2D eigenvalue weighted by Gasteiger charge is 2.14. The highest BCUT2D eigenvalue weighted by Crippen LogP contribution is 2.06. The van der Waals surface area contributed by atoms with Gasteiger partial charge in [-0.15, -0.1) is 0 Å². The van der Waals surface area contributed by atoms with Gasteiger partial charge in [0.25, 0.3) is 0 Å². The van der Waals surface area contributed by atoms with Gasteiger partial charge in [-0.05, 0) is 32.9 Å². The monoisotopic (exact) mass is 230 g/mol. The Labute approximate surface area is 101 Å². The number of carbonyl (C=O) groups excluding carboxylic acids is 2. The fourth-order valence-corrected chi connectivity index (χ4v) is 1.12. The molecule has 0 radical (unpaired) electrons. The predicted molar refractivity (Wildman–Crippen MR) is 64.6 cm³/mol. The van der Waals surface area contributed by atoms with E-state index in [4.69, 9.17) is 4.74 Å². The van der Waals surface area contributed by atoms with Crippen LogP contribution in [0.15, 0.2) is 24.3 Å². The molecule has 0 saturated heterocycles. The molecular formula is C14H14O3. The summed E-state index contributed by atoms with van der Waals surface area (Å²) in [5, 5.41) is 0. The van der Waals surface area contributed by atoms with Gasteiger partial charge in [-0.25, -0.2) is 4.79 Å². The number of hydrogen-bond donors (Lipinski definition) is 0. The number of ether oxygens (including phenoxy) is 1. The van der Waals surface area contributed by atoms with Gasteiger partial charge in [-0.1, -0.05) is 18.1 Å². The second-order valence-electron chi connectivity index (χ2n) is 4.50. The molecule has 0 aromatic heterocycles. The van der Waals surface area contributed by atoms with Crippen molar-refractivity contribution in [3.05, 3.63) is 35.4 Å². The lowest BCUT2D eigenvalue weighted by molar-refractivity contribution is -0.147. The van der Waals surface area contributed by atoms with Crippen molar-refractivity contribution in [1.82, 2.24) is 0 Å². The molecule has 1 aromatic rings. The van der Waals surface area contributed by atoms with Gasteiger partial charge in [-0.2, -0.15) is 0 Å². The van der Waals surface area contributed by atoms with Gasteiger partial charge in [0.15, 0.2) is 0 Å². The maximum atomic E-state index is 11.3. The third-order valence-electron chi connectivity index (χ3n) is 1.73. The lowest BCUT2D eigenvalue weighted by Gasteiger charge is -2.16. The number of esters is 1. The molecule has 0 aliphatic heterocycles. The minimum atomic E-state index is -0.575. The van der Waals surface area contributed by atoms with Crippen molar-refractivity contribution in [2.24, 2.45) is 0 Å². The van der Waals surface area contributed by atoms with E-state index < -0.39 is 11.6 Å². The van der Waals surface area contributed by atoms with Gasteiger partial charge in [-0.3, -0.25) is 4.79 Å². The van der Waals surface area contributed by atoms with Gasteiger partial charge in [0.05, 0.1) is 0 Å². The van der Waals surface area contributed by atoms with E-state index in [0.29, 0.717) is 11.1 Å². The highest BCUT2D eigenvalue weighted by molar-refractivity contribution is 5.89. The zero-order valence-corrected chi connectivity index (χ0v) is 10.1. The first-order valence-corrected chi connectivity index (χ1v) is 5.21. The zero-order chi connectivity index (χ0) is 12.9. The third-order valence-corrected chi connectivity index (χ3v) is 1.73. The number of benzene rings is 1. The molecule has 0 unspecified atom stereocenters. The van der Waals surface area contributed by atoms with Crippen molar-refractivity contribution >= 4 is 12.3 Å². The van der Waals surface area contributed by atoms with Gasteiger partial charge in [0, 0.05) is 17.0 Å². The Balaban J connectivity index is 2.77. The molecule has 0 aliphatic carbocycles. The predicted octanol–water partition coefficient (Wildman–Crippen LogP) is 2.19. The van der Waals surface area contributed by atoms with E-state index in [1.165, 1.54) is 0 Å². The van der Waals surface area contributed by atoms with Crippen LogP contribution in [0.25, 0.3) is 0 Å². The summed E-state index contributed by atoms with van der Waals surface area (Å²) in [5.41, 5.74) is 0.595. The maximum absolute atomic E-state index is 11.3. The molecule has 0 fully saturated rings. The molecule has 17 heavy (non-hydrogen) atoms. The smallest absolute Gasteiger partial charge is 0.385 e. The number of rotatable bonds is 1. The third kappa shape index (κ3) is 4.98. The summed E-state index contributed by atoms with van der Waals surface area (Å²) < 4.78 is 5.03. The summed E-state index contributed by atoms with van der Waals surface area (Å²) in [7, 11) is 0. The summed E-state index contributed by atoms with van der Waals surface area (Å²) in [5.74, 6) is 4.46. The topological polar surface area (TPSA) is 43.4 Å². The van der Waals surface area contributed by atoms with Crippen LogP contribution in [-0.4, -0.2) is 17.9 Å². The molecule has 0 amide bonds. The van der Waals surface area contributed by atoms with Crippen LogP contribution in [0.3, 0.4) is 0 Å².